The number of benzene rings is 1. The molecule has 0 aliphatic carbocycles. The Bertz CT molecular complexity index is 359. The molecule has 0 aliphatic heterocycles. The first kappa shape index (κ1) is 12.3. The second kappa shape index (κ2) is 5.92. The number of esters is 1. The van der Waals surface area contributed by atoms with E-state index in [4.69, 9.17) is 14.6 Å². The van der Waals surface area contributed by atoms with E-state index < -0.39 is 18.0 Å². The molecular formula is C12H14O4. The minimum atomic E-state index is -0.874. The van der Waals surface area contributed by atoms with Crippen molar-refractivity contribution in [3.05, 3.63) is 48.2 Å². The van der Waals surface area contributed by atoms with E-state index in [1.807, 2.05) is 30.3 Å². The van der Waals surface area contributed by atoms with Crippen molar-refractivity contribution in [3.63, 3.8) is 0 Å². The predicted octanol–water partition coefficient (Wildman–Crippen LogP) is 2.16. The molecule has 0 fully saturated rings. The van der Waals surface area contributed by atoms with E-state index in [1.165, 1.54) is 0 Å². The van der Waals surface area contributed by atoms with Crippen LogP contribution < -0.4 is 0 Å². The topological polar surface area (TPSA) is 55.8 Å². The van der Waals surface area contributed by atoms with Crippen molar-refractivity contribution in [1.29, 1.82) is 0 Å². The molecule has 1 rings (SSSR count). The number of hydrogen-bond donors (Lipinski definition) is 1. The summed E-state index contributed by atoms with van der Waals surface area (Å²) in [5.74, 6) is -1.50. The van der Waals surface area contributed by atoms with Gasteiger partial charge in [-0.15, -0.1) is 0 Å². The van der Waals surface area contributed by atoms with Crippen LogP contribution in [0, 0.1) is 0 Å². The van der Waals surface area contributed by atoms with E-state index in [-0.39, 0.29) is 0 Å². The van der Waals surface area contributed by atoms with Crippen LogP contribution in [0.5, 0.6) is 0 Å². The van der Waals surface area contributed by atoms with Crippen LogP contribution in [0.25, 0.3) is 0 Å². The van der Waals surface area contributed by atoms with Crippen molar-refractivity contribution < 1.29 is 19.4 Å². The molecule has 1 aromatic carbocycles. The molecule has 0 saturated heterocycles. The third-order valence-electron chi connectivity index (χ3n) is 1.84. The van der Waals surface area contributed by atoms with E-state index in [0.717, 1.165) is 5.56 Å². The highest BCUT2D eigenvalue weighted by Crippen LogP contribution is 2.05. The smallest absolute Gasteiger partial charge is 0.375 e. The number of aliphatic hydroxyl groups is 1. The SMILES string of the molecule is C=C(O)C(=O)OC(C)OCc1ccccc1. The largest absolute Gasteiger partial charge is 0.502 e. The van der Waals surface area contributed by atoms with E-state index in [1.54, 1.807) is 6.92 Å². The quantitative estimate of drug-likeness (QED) is 0.359. The zero-order valence-electron chi connectivity index (χ0n) is 9.05. The summed E-state index contributed by atoms with van der Waals surface area (Å²) < 4.78 is 9.98. The van der Waals surface area contributed by atoms with Crippen molar-refractivity contribution in [2.45, 2.75) is 19.8 Å². The zero-order valence-corrected chi connectivity index (χ0v) is 9.05. The number of carbonyl (C=O) groups excluding carboxylic acids is 1. The summed E-state index contributed by atoms with van der Waals surface area (Å²) in [5.41, 5.74) is 0.980. The first-order valence-corrected chi connectivity index (χ1v) is 4.84. The standard InChI is InChI=1S/C12H14O4/c1-9(13)12(14)16-10(2)15-8-11-6-4-3-5-7-11/h3-7,10,13H,1,8H2,2H3. The highest BCUT2D eigenvalue weighted by atomic mass is 16.7. The van der Waals surface area contributed by atoms with E-state index in [2.05, 4.69) is 6.58 Å². The molecule has 1 unspecified atom stereocenters. The minimum absolute atomic E-state index is 0.340. The summed E-state index contributed by atoms with van der Waals surface area (Å²) in [6.07, 6.45) is -0.725. The number of rotatable bonds is 5. The van der Waals surface area contributed by atoms with Crippen LogP contribution in [-0.4, -0.2) is 17.4 Å². The summed E-state index contributed by atoms with van der Waals surface area (Å²) in [4.78, 5) is 10.9. The lowest BCUT2D eigenvalue weighted by atomic mass is 10.2. The normalized spacial score (nSPS) is 11.8. The van der Waals surface area contributed by atoms with Gasteiger partial charge in [-0.05, 0) is 19.1 Å². The fourth-order valence-electron chi connectivity index (χ4n) is 1.04. The van der Waals surface area contributed by atoms with Crippen LogP contribution in [0.1, 0.15) is 12.5 Å². The van der Waals surface area contributed by atoms with Gasteiger partial charge in [0, 0.05) is 0 Å². The Balaban J connectivity index is 2.33. The van der Waals surface area contributed by atoms with Gasteiger partial charge in [-0.25, -0.2) is 4.79 Å². The molecule has 0 aliphatic rings. The summed E-state index contributed by atoms with van der Waals surface area (Å²) in [7, 11) is 0. The molecule has 0 bridgehead atoms. The van der Waals surface area contributed by atoms with Crippen molar-refractivity contribution in [2.75, 3.05) is 0 Å². The average Bonchev–Trinajstić information content (AvgIpc) is 2.27. The Morgan fingerprint density at radius 3 is 2.62 bits per heavy atom. The van der Waals surface area contributed by atoms with Gasteiger partial charge in [0.2, 0.25) is 6.29 Å². The lowest BCUT2D eigenvalue weighted by molar-refractivity contribution is -0.175. The van der Waals surface area contributed by atoms with Gasteiger partial charge in [0.15, 0.2) is 5.76 Å². The maximum Gasteiger partial charge on any atom is 0.375 e. The average molecular weight is 222 g/mol. The molecule has 0 heterocycles. The molecule has 0 saturated carbocycles. The van der Waals surface area contributed by atoms with Crippen LogP contribution >= 0.6 is 0 Å². The molecule has 1 atom stereocenters. The first-order valence-electron chi connectivity index (χ1n) is 4.84. The number of hydrogen-bond acceptors (Lipinski definition) is 4. The monoisotopic (exact) mass is 222 g/mol. The van der Waals surface area contributed by atoms with Crippen molar-refractivity contribution >= 4 is 5.97 Å². The van der Waals surface area contributed by atoms with Crippen molar-refractivity contribution in [2.24, 2.45) is 0 Å². The molecule has 86 valence electrons. The third kappa shape index (κ3) is 4.14. The Hall–Kier alpha value is -1.81. The summed E-state index contributed by atoms with van der Waals surface area (Å²) in [5, 5.41) is 8.73. The summed E-state index contributed by atoms with van der Waals surface area (Å²) in [6.45, 7) is 4.97. The van der Waals surface area contributed by atoms with Crippen LogP contribution in [-0.2, 0) is 20.9 Å². The highest BCUT2D eigenvalue weighted by molar-refractivity contribution is 5.84. The summed E-state index contributed by atoms with van der Waals surface area (Å²) in [6, 6.07) is 9.50. The second-order valence-corrected chi connectivity index (χ2v) is 3.22. The maximum atomic E-state index is 10.9. The molecule has 0 radical (unpaired) electrons. The fourth-order valence-corrected chi connectivity index (χ4v) is 1.04. The van der Waals surface area contributed by atoms with Crippen LogP contribution in [0.4, 0.5) is 0 Å². The maximum absolute atomic E-state index is 10.9. The Morgan fingerprint density at radius 2 is 2.06 bits per heavy atom. The molecule has 1 aromatic rings. The molecular weight excluding hydrogens is 208 g/mol. The number of ether oxygens (including phenoxy) is 2. The lowest BCUT2D eigenvalue weighted by Crippen LogP contribution is -2.18. The molecule has 4 heteroatoms. The fraction of sp³-hybridized carbons (Fsp3) is 0.250. The van der Waals surface area contributed by atoms with Crippen LogP contribution in [0.3, 0.4) is 0 Å². The van der Waals surface area contributed by atoms with Gasteiger partial charge in [-0.2, -0.15) is 0 Å². The van der Waals surface area contributed by atoms with Gasteiger partial charge in [0.1, 0.15) is 0 Å². The first-order chi connectivity index (χ1) is 7.59. The van der Waals surface area contributed by atoms with Crippen molar-refractivity contribution in [3.8, 4) is 0 Å². The van der Waals surface area contributed by atoms with Gasteiger partial charge in [0.05, 0.1) is 6.61 Å². The molecule has 0 amide bonds. The van der Waals surface area contributed by atoms with Gasteiger partial charge < -0.3 is 14.6 Å². The Labute approximate surface area is 94.1 Å². The second-order valence-electron chi connectivity index (χ2n) is 3.22. The highest BCUT2D eigenvalue weighted by Gasteiger charge is 2.11. The molecule has 1 N–H and O–H groups in total. The molecule has 0 spiro atoms. The van der Waals surface area contributed by atoms with Gasteiger partial charge in [-0.3, -0.25) is 0 Å². The molecule has 4 nitrogen and oxygen atoms in total. The predicted molar refractivity (Wildman–Crippen MR) is 58.6 cm³/mol. The summed E-state index contributed by atoms with van der Waals surface area (Å²) >= 11 is 0. The van der Waals surface area contributed by atoms with Gasteiger partial charge in [0.25, 0.3) is 0 Å². The van der Waals surface area contributed by atoms with E-state index in [0.29, 0.717) is 6.61 Å². The molecule has 0 aromatic heterocycles. The number of carbonyl (C=O) groups is 1. The van der Waals surface area contributed by atoms with Gasteiger partial charge in [-0.1, -0.05) is 30.3 Å². The van der Waals surface area contributed by atoms with Crippen LogP contribution in [0.15, 0.2) is 42.7 Å². The van der Waals surface area contributed by atoms with E-state index >= 15 is 0 Å². The Kier molecular flexibility index (Phi) is 4.54. The van der Waals surface area contributed by atoms with Crippen molar-refractivity contribution in [1.82, 2.24) is 0 Å². The third-order valence-corrected chi connectivity index (χ3v) is 1.84. The Morgan fingerprint density at radius 1 is 1.44 bits per heavy atom. The number of aliphatic hydroxyl groups excluding tert-OH is 1. The lowest BCUT2D eigenvalue weighted by Gasteiger charge is -2.13. The van der Waals surface area contributed by atoms with E-state index in [9.17, 15) is 4.79 Å². The van der Waals surface area contributed by atoms with Gasteiger partial charge >= 0.3 is 5.97 Å². The zero-order chi connectivity index (χ0) is 12.0. The molecule has 16 heavy (non-hydrogen) atoms. The minimum Gasteiger partial charge on any atom is -0.502 e. The van der Waals surface area contributed by atoms with Crippen LogP contribution in [0.2, 0.25) is 0 Å².